The maximum atomic E-state index is 3.66. The molecule has 0 heterocycles. The molecular formula is C11H18. The first-order valence-corrected chi connectivity index (χ1v) is 4.34. The second-order valence-corrected chi connectivity index (χ2v) is 2.51. The fraction of sp³-hybridized carbons (Fsp3) is 0.455. The van der Waals surface area contributed by atoms with Crippen molar-refractivity contribution in [3.05, 3.63) is 37.0 Å². The molecule has 11 heavy (non-hydrogen) atoms. The molecule has 0 rings (SSSR count). The summed E-state index contributed by atoms with van der Waals surface area (Å²) in [7, 11) is 0. The van der Waals surface area contributed by atoms with E-state index in [1.54, 1.807) is 0 Å². The lowest BCUT2D eigenvalue weighted by Gasteiger charge is -1.83. The molecule has 0 aromatic heterocycles. The van der Waals surface area contributed by atoms with E-state index in [9.17, 15) is 0 Å². The minimum absolute atomic E-state index is 1.08. The fourth-order valence-electron chi connectivity index (χ4n) is 0.730. The van der Waals surface area contributed by atoms with Crippen LogP contribution in [0.5, 0.6) is 0 Å². The summed E-state index contributed by atoms with van der Waals surface area (Å²) in [4.78, 5) is 0. The number of unbranched alkanes of at least 4 members (excludes halogenated alkanes) is 2. The third kappa shape index (κ3) is 9.22. The molecule has 62 valence electrons. The van der Waals surface area contributed by atoms with Crippen molar-refractivity contribution < 1.29 is 0 Å². The Kier molecular flexibility index (Phi) is 8.57. The Morgan fingerprint density at radius 2 is 1.64 bits per heavy atom. The summed E-state index contributed by atoms with van der Waals surface area (Å²) in [5.41, 5.74) is 0. The Bertz CT molecular complexity index is 129. The van der Waals surface area contributed by atoms with Gasteiger partial charge in [-0.15, -0.1) is 6.58 Å². The molecule has 0 nitrogen and oxygen atoms in total. The maximum absolute atomic E-state index is 3.66. The molecule has 0 radical (unpaired) electrons. The molecule has 0 fully saturated rings. The quantitative estimate of drug-likeness (QED) is 0.306. The number of allylic oxidation sites excluding steroid dienone is 5. The number of hydrogen-bond donors (Lipinski definition) is 0. The van der Waals surface area contributed by atoms with Gasteiger partial charge < -0.3 is 0 Å². The first-order chi connectivity index (χ1) is 5.41. The summed E-state index contributed by atoms with van der Waals surface area (Å²) in [6, 6.07) is 0. The van der Waals surface area contributed by atoms with Crippen molar-refractivity contribution in [1.82, 2.24) is 0 Å². The van der Waals surface area contributed by atoms with E-state index in [0.29, 0.717) is 0 Å². The molecule has 0 spiro atoms. The standard InChI is InChI=1S/C11H18/c1-3-5-7-9-11-10-8-6-4-2/h3,8-11H,1,4-7H2,2H3/b10-8+,11-9+. The highest BCUT2D eigenvalue weighted by Crippen LogP contribution is 1.93. The van der Waals surface area contributed by atoms with Crippen LogP contribution in [0.3, 0.4) is 0 Å². The summed E-state index contributed by atoms with van der Waals surface area (Å²) in [6.45, 7) is 5.84. The van der Waals surface area contributed by atoms with Crippen LogP contribution in [0.25, 0.3) is 0 Å². The van der Waals surface area contributed by atoms with Crippen LogP contribution < -0.4 is 0 Å². The largest absolute Gasteiger partial charge is 0.103 e. The van der Waals surface area contributed by atoms with Crippen molar-refractivity contribution in [3.63, 3.8) is 0 Å². The Morgan fingerprint density at radius 3 is 2.18 bits per heavy atom. The van der Waals surface area contributed by atoms with Gasteiger partial charge in [0.05, 0.1) is 0 Å². The highest BCUT2D eigenvalue weighted by atomic mass is 13.8. The van der Waals surface area contributed by atoms with Crippen LogP contribution in [0.2, 0.25) is 0 Å². The van der Waals surface area contributed by atoms with Crippen LogP contribution in [0.1, 0.15) is 32.6 Å². The zero-order valence-corrected chi connectivity index (χ0v) is 7.42. The molecule has 0 saturated carbocycles. The van der Waals surface area contributed by atoms with Crippen molar-refractivity contribution in [2.45, 2.75) is 32.6 Å². The van der Waals surface area contributed by atoms with Gasteiger partial charge >= 0.3 is 0 Å². The SMILES string of the molecule is C=CCC/C=C/C=C/CCC. The van der Waals surface area contributed by atoms with Crippen LogP contribution in [0, 0.1) is 0 Å². The van der Waals surface area contributed by atoms with Crippen LogP contribution in [0.15, 0.2) is 37.0 Å². The lowest BCUT2D eigenvalue weighted by atomic mass is 10.2. The topological polar surface area (TPSA) is 0 Å². The van der Waals surface area contributed by atoms with E-state index in [2.05, 4.69) is 37.8 Å². The Morgan fingerprint density at radius 1 is 1.00 bits per heavy atom. The lowest BCUT2D eigenvalue weighted by molar-refractivity contribution is 0.958. The summed E-state index contributed by atoms with van der Waals surface area (Å²) >= 11 is 0. The van der Waals surface area contributed by atoms with Gasteiger partial charge in [0.25, 0.3) is 0 Å². The van der Waals surface area contributed by atoms with Crippen molar-refractivity contribution in [2.75, 3.05) is 0 Å². The zero-order chi connectivity index (χ0) is 8.36. The summed E-state index contributed by atoms with van der Waals surface area (Å²) in [5.74, 6) is 0. The zero-order valence-electron chi connectivity index (χ0n) is 7.42. The Labute approximate surface area is 70.3 Å². The summed E-state index contributed by atoms with van der Waals surface area (Å²) in [5, 5.41) is 0. The van der Waals surface area contributed by atoms with E-state index >= 15 is 0 Å². The first-order valence-electron chi connectivity index (χ1n) is 4.34. The second-order valence-electron chi connectivity index (χ2n) is 2.51. The van der Waals surface area contributed by atoms with Gasteiger partial charge in [-0.2, -0.15) is 0 Å². The van der Waals surface area contributed by atoms with Gasteiger partial charge in [-0.3, -0.25) is 0 Å². The van der Waals surface area contributed by atoms with Gasteiger partial charge in [0.1, 0.15) is 0 Å². The number of rotatable bonds is 6. The molecule has 0 bridgehead atoms. The highest BCUT2D eigenvalue weighted by molar-refractivity contribution is 5.02. The first kappa shape index (κ1) is 10.2. The second kappa shape index (κ2) is 9.22. The summed E-state index contributed by atoms with van der Waals surface area (Å²) < 4.78 is 0. The van der Waals surface area contributed by atoms with Gasteiger partial charge in [0.2, 0.25) is 0 Å². The van der Waals surface area contributed by atoms with Crippen molar-refractivity contribution >= 4 is 0 Å². The molecule has 0 amide bonds. The van der Waals surface area contributed by atoms with E-state index in [4.69, 9.17) is 0 Å². The normalized spacial score (nSPS) is 11.4. The average Bonchev–Trinajstić information content (AvgIpc) is 2.03. The van der Waals surface area contributed by atoms with Gasteiger partial charge in [-0.25, -0.2) is 0 Å². The van der Waals surface area contributed by atoms with Crippen LogP contribution in [-0.4, -0.2) is 0 Å². The van der Waals surface area contributed by atoms with E-state index in [0.717, 1.165) is 12.8 Å². The Hall–Kier alpha value is -0.780. The van der Waals surface area contributed by atoms with E-state index in [-0.39, 0.29) is 0 Å². The van der Waals surface area contributed by atoms with Crippen molar-refractivity contribution in [1.29, 1.82) is 0 Å². The monoisotopic (exact) mass is 150 g/mol. The van der Waals surface area contributed by atoms with Crippen molar-refractivity contribution in [2.24, 2.45) is 0 Å². The third-order valence-electron chi connectivity index (χ3n) is 1.38. The molecule has 0 heteroatoms. The van der Waals surface area contributed by atoms with Gasteiger partial charge in [-0.05, 0) is 19.3 Å². The van der Waals surface area contributed by atoms with Crippen LogP contribution >= 0.6 is 0 Å². The molecule has 0 unspecified atom stereocenters. The maximum Gasteiger partial charge on any atom is -0.0313 e. The average molecular weight is 150 g/mol. The molecule has 0 aliphatic heterocycles. The number of hydrogen-bond acceptors (Lipinski definition) is 0. The molecule has 0 aliphatic carbocycles. The molecule has 0 saturated heterocycles. The van der Waals surface area contributed by atoms with Crippen molar-refractivity contribution in [3.8, 4) is 0 Å². The summed E-state index contributed by atoms with van der Waals surface area (Å²) in [6.07, 6.45) is 15.2. The fourth-order valence-corrected chi connectivity index (χ4v) is 0.730. The van der Waals surface area contributed by atoms with E-state index < -0.39 is 0 Å². The molecule has 0 atom stereocenters. The Balaban J connectivity index is 3.20. The minimum atomic E-state index is 1.08. The molecular weight excluding hydrogens is 132 g/mol. The smallest absolute Gasteiger partial charge is 0.0313 e. The van der Waals surface area contributed by atoms with Gasteiger partial charge in [0.15, 0.2) is 0 Å². The van der Waals surface area contributed by atoms with Gasteiger partial charge in [0, 0.05) is 0 Å². The minimum Gasteiger partial charge on any atom is -0.103 e. The molecule has 0 aromatic carbocycles. The van der Waals surface area contributed by atoms with E-state index in [1.807, 2.05) is 6.08 Å². The van der Waals surface area contributed by atoms with Crippen LogP contribution in [-0.2, 0) is 0 Å². The lowest BCUT2D eigenvalue weighted by Crippen LogP contribution is -1.62. The predicted octanol–water partition coefficient (Wildman–Crippen LogP) is 3.87. The molecule has 0 aromatic rings. The van der Waals surface area contributed by atoms with E-state index in [1.165, 1.54) is 12.8 Å². The predicted molar refractivity (Wildman–Crippen MR) is 52.6 cm³/mol. The highest BCUT2D eigenvalue weighted by Gasteiger charge is 1.72. The third-order valence-corrected chi connectivity index (χ3v) is 1.38. The van der Waals surface area contributed by atoms with Crippen LogP contribution in [0.4, 0.5) is 0 Å². The molecule has 0 aliphatic rings. The van der Waals surface area contributed by atoms with Gasteiger partial charge in [-0.1, -0.05) is 43.7 Å². The molecule has 0 N–H and O–H groups in total.